The lowest BCUT2D eigenvalue weighted by Gasteiger charge is -2.34. The first-order chi connectivity index (χ1) is 10.9. The third-order valence-corrected chi connectivity index (χ3v) is 4.68. The first-order valence-corrected chi connectivity index (χ1v) is 7.89. The molecule has 0 aromatic carbocycles. The van der Waals surface area contributed by atoms with Crippen LogP contribution in [0.5, 0.6) is 0 Å². The Balaban J connectivity index is 1.58. The Hall–Kier alpha value is -1.57. The normalized spacial score (nSPS) is 26.7. The van der Waals surface area contributed by atoms with Gasteiger partial charge in [0, 0.05) is 25.9 Å². The van der Waals surface area contributed by atoms with E-state index in [0.29, 0.717) is 32.5 Å². The fraction of sp³-hybridized carbons (Fsp3) is 0.733. The van der Waals surface area contributed by atoms with E-state index < -0.39 is 11.9 Å². The number of carbonyl (C=O) groups is 1. The highest BCUT2D eigenvalue weighted by molar-refractivity contribution is 5.81. The lowest BCUT2D eigenvalue weighted by molar-refractivity contribution is -0.143. The van der Waals surface area contributed by atoms with Gasteiger partial charge in [-0.05, 0) is 31.2 Å². The summed E-state index contributed by atoms with van der Waals surface area (Å²) in [5.74, 6) is 0.227. The van der Waals surface area contributed by atoms with E-state index in [1.54, 1.807) is 4.90 Å². The second-order valence-corrected chi connectivity index (χ2v) is 6.29. The van der Waals surface area contributed by atoms with Crippen molar-refractivity contribution in [3.63, 3.8) is 0 Å². The van der Waals surface area contributed by atoms with E-state index in [4.69, 9.17) is 4.74 Å². The first kappa shape index (κ1) is 16.3. The molecule has 0 bridgehead atoms. The molecule has 1 aromatic heterocycles. The molecule has 0 aliphatic carbocycles. The number of ether oxygens (including phenoxy) is 1. The van der Waals surface area contributed by atoms with E-state index in [1.807, 2.05) is 6.92 Å². The molecule has 0 saturated carbocycles. The quantitative estimate of drug-likeness (QED) is 0.836. The molecule has 5 nitrogen and oxygen atoms in total. The molecule has 0 unspecified atom stereocenters. The number of amides is 1. The number of likely N-dealkylation sites (tertiary alicyclic amines) is 1. The summed E-state index contributed by atoms with van der Waals surface area (Å²) in [6, 6.07) is 0.892. The van der Waals surface area contributed by atoms with Crippen LogP contribution in [0.3, 0.4) is 0 Å². The van der Waals surface area contributed by atoms with Crippen LogP contribution in [-0.4, -0.2) is 46.4 Å². The second kappa shape index (κ2) is 6.14. The Morgan fingerprint density at radius 2 is 2.00 bits per heavy atom. The predicted molar refractivity (Wildman–Crippen MR) is 75.6 cm³/mol. The molecule has 8 heteroatoms. The van der Waals surface area contributed by atoms with Crippen molar-refractivity contribution in [1.82, 2.24) is 14.7 Å². The molecule has 0 radical (unpaired) electrons. The minimum atomic E-state index is -4.42. The lowest BCUT2D eigenvalue weighted by Crippen LogP contribution is -2.45. The molecule has 2 aliphatic heterocycles. The van der Waals surface area contributed by atoms with Crippen LogP contribution in [0.2, 0.25) is 0 Å². The average Bonchev–Trinajstić information content (AvgIpc) is 3.15. The van der Waals surface area contributed by atoms with Crippen molar-refractivity contribution in [1.29, 1.82) is 0 Å². The molecule has 2 saturated heterocycles. The molecule has 2 aliphatic rings. The third-order valence-electron chi connectivity index (χ3n) is 4.68. The van der Waals surface area contributed by atoms with Crippen LogP contribution in [-0.2, 0) is 15.7 Å². The van der Waals surface area contributed by atoms with Gasteiger partial charge in [-0.25, -0.2) is 0 Å². The summed E-state index contributed by atoms with van der Waals surface area (Å²) >= 11 is 0. The Bertz CT molecular complexity index is 565. The summed E-state index contributed by atoms with van der Waals surface area (Å²) < 4.78 is 44.7. The SMILES string of the molecule is C[C@H]1CCO[C@H]1C(=O)N1CCC(n2ccc(C(F)(F)F)n2)CC1. The minimum Gasteiger partial charge on any atom is -0.368 e. The van der Waals surface area contributed by atoms with Gasteiger partial charge in [0.25, 0.3) is 5.91 Å². The fourth-order valence-electron chi connectivity index (χ4n) is 3.23. The van der Waals surface area contributed by atoms with Crippen LogP contribution in [0.1, 0.15) is 37.9 Å². The number of halogens is 3. The van der Waals surface area contributed by atoms with Crippen LogP contribution in [0.15, 0.2) is 12.3 Å². The van der Waals surface area contributed by atoms with Gasteiger partial charge in [0.15, 0.2) is 5.69 Å². The van der Waals surface area contributed by atoms with Gasteiger partial charge in [0.2, 0.25) is 0 Å². The van der Waals surface area contributed by atoms with E-state index in [1.165, 1.54) is 10.9 Å². The molecular weight excluding hydrogens is 311 g/mol. The average molecular weight is 331 g/mol. The highest BCUT2D eigenvalue weighted by atomic mass is 19.4. The van der Waals surface area contributed by atoms with Crippen molar-refractivity contribution in [2.24, 2.45) is 5.92 Å². The van der Waals surface area contributed by atoms with Crippen molar-refractivity contribution >= 4 is 5.91 Å². The maximum absolute atomic E-state index is 12.6. The number of hydrogen-bond acceptors (Lipinski definition) is 3. The molecule has 0 N–H and O–H groups in total. The smallest absolute Gasteiger partial charge is 0.368 e. The van der Waals surface area contributed by atoms with E-state index in [0.717, 1.165) is 12.5 Å². The van der Waals surface area contributed by atoms with Crippen LogP contribution in [0.4, 0.5) is 13.2 Å². The fourth-order valence-corrected chi connectivity index (χ4v) is 3.23. The number of piperidine rings is 1. The summed E-state index contributed by atoms with van der Waals surface area (Å²) in [5.41, 5.74) is -0.871. The molecule has 1 amide bonds. The molecule has 1 aromatic rings. The third kappa shape index (κ3) is 3.36. The lowest BCUT2D eigenvalue weighted by atomic mass is 10.0. The van der Waals surface area contributed by atoms with E-state index in [-0.39, 0.29) is 24.0 Å². The zero-order valence-electron chi connectivity index (χ0n) is 12.9. The van der Waals surface area contributed by atoms with Gasteiger partial charge in [-0.15, -0.1) is 0 Å². The summed E-state index contributed by atoms with van der Waals surface area (Å²) in [6.07, 6.45) is -1.32. The summed E-state index contributed by atoms with van der Waals surface area (Å²) in [7, 11) is 0. The molecule has 128 valence electrons. The largest absolute Gasteiger partial charge is 0.435 e. The van der Waals surface area contributed by atoms with E-state index in [9.17, 15) is 18.0 Å². The van der Waals surface area contributed by atoms with Gasteiger partial charge in [-0.3, -0.25) is 9.48 Å². The zero-order chi connectivity index (χ0) is 16.6. The monoisotopic (exact) mass is 331 g/mol. The summed E-state index contributed by atoms with van der Waals surface area (Å²) in [5, 5.41) is 3.63. The topological polar surface area (TPSA) is 47.4 Å². The predicted octanol–water partition coefficient (Wildman–Crippen LogP) is 2.49. The number of aromatic nitrogens is 2. The van der Waals surface area contributed by atoms with Gasteiger partial charge < -0.3 is 9.64 Å². The highest BCUT2D eigenvalue weighted by Gasteiger charge is 2.37. The Morgan fingerprint density at radius 3 is 2.52 bits per heavy atom. The molecule has 3 rings (SSSR count). The van der Waals surface area contributed by atoms with Gasteiger partial charge in [0.1, 0.15) is 6.10 Å². The van der Waals surface area contributed by atoms with Crippen molar-refractivity contribution < 1.29 is 22.7 Å². The van der Waals surface area contributed by atoms with Crippen LogP contribution in [0, 0.1) is 5.92 Å². The van der Waals surface area contributed by atoms with Gasteiger partial charge in [-0.1, -0.05) is 6.92 Å². The molecule has 3 heterocycles. The number of nitrogens with zero attached hydrogens (tertiary/aromatic N) is 3. The number of carbonyl (C=O) groups excluding carboxylic acids is 1. The minimum absolute atomic E-state index is 0.00453. The molecule has 23 heavy (non-hydrogen) atoms. The molecule has 0 spiro atoms. The summed E-state index contributed by atoms with van der Waals surface area (Å²) in [4.78, 5) is 14.2. The van der Waals surface area contributed by atoms with Gasteiger partial charge in [-0.2, -0.15) is 18.3 Å². The Kier molecular flexibility index (Phi) is 4.35. The standard InChI is InChI=1S/C15H20F3N3O2/c1-10-5-9-23-13(10)14(22)20-6-2-11(3-7-20)21-8-4-12(19-21)15(16,17)18/h4,8,10-11,13H,2-3,5-7,9H2,1H3/t10-,13+/m0/s1. The number of hydrogen-bond donors (Lipinski definition) is 0. The van der Waals surface area contributed by atoms with E-state index in [2.05, 4.69) is 5.10 Å². The second-order valence-electron chi connectivity index (χ2n) is 6.29. The highest BCUT2D eigenvalue weighted by Crippen LogP contribution is 2.30. The van der Waals surface area contributed by atoms with Crippen molar-refractivity contribution in [3.05, 3.63) is 18.0 Å². The van der Waals surface area contributed by atoms with Crippen molar-refractivity contribution in [2.45, 2.75) is 44.5 Å². The van der Waals surface area contributed by atoms with Crippen molar-refractivity contribution in [3.8, 4) is 0 Å². The maximum Gasteiger partial charge on any atom is 0.435 e. The number of alkyl halides is 3. The Labute approximate surface area is 132 Å². The maximum atomic E-state index is 12.6. The van der Waals surface area contributed by atoms with Crippen molar-refractivity contribution in [2.75, 3.05) is 19.7 Å². The first-order valence-electron chi connectivity index (χ1n) is 7.89. The molecule has 2 fully saturated rings. The molecular formula is C15H20F3N3O2. The van der Waals surface area contributed by atoms with Crippen LogP contribution >= 0.6 is 0 Å². The van der Waals surface area contributed by atoms with E-state index >= 15 is 0 Å². The Morgan fingerprint density at radius 1 is 1.30 bits per heavy atom. The van der Waals surface area contributed by atoms with Gasteiger partial charge in [0.05, 0.1) is 6.04 Å². The van der Waals surface area contributed by atoms with Crippen LogP contribution in [0.25, 0.3) is 0 Å². The van der Waals surface area contributed by atoms with Gasteiger partial charge >= 0.3 is 6.18 Å². The zero-order valence-corrected chi connectivity index (χ0v) is 12.9. The van der Waals surface area contributed by atoms with Crippen LogP contribution < -0.4 is 0 Å². The summed E-state index contributed by atoms with van der Waals surface area (Å²) in [6.45, 7) is 3.67. The molecule has 2 atom stereocenters. The number of rotatable bonds is 2.